The molecular weight excluding hydrogens is 208 g/mol. The van der Waals surface area contributed by atoms with Crippen LogP contribution in [0.5, 0.6) is 0 Å². The summed E-state index contributed by atoms with van der Waals surface area (Å²) in [6, 6.07) is 3.75. The van der Waals surface area contributed by atoms with Gasteiger partial charge >= 0.3 is 0 Å². The zero-order chi connectivity index (χ0) is 11.5. The van der Waals surface area contributed by atoms with Crippen LogP contribution in [0.4, 0.5) is 8.78 Å². The van der Waals surface area contributed by atoms with Gasteiger partial charge in [0.15, 0.2) is 0 Å². The Morgan fingerprint density at radius 2 is 1.88 bits per heavy atom. The highest BCUT2D eigenvalue weighted by molar-refractivity contribution is 5.25. The van der Waals surface area contributed by atoms with Crippen molar-refractivity contribution in [3.05, 3.63) is 47.0 Å². The van der Waals surface area contributed by atoms with Crippen molar-refractivity contribution in [3.63, 3.8) is 0 Å². The molecule has 1 unspecified atom stereocenters. The Balaban J connectivity index is 2.14. The van der Waals surface area contributed by atoms with Crippen molar-refractivity contribution < 1.29 is 8.78 Å². The lowest BCUT2D eigenvalue weighted by atomic mass is 9.92. The number of allylic oxidation sites excluding steroid dienone is 1. The minimum atomic E-state index is -0.518. The highest BCUT2D eigenvalue weighted by atomic mass is 19.1. The second-order valence-electron chi connectivity index (χ2n) is 4.34. The summed E-state index contributed by atoms with van der Waals surface area (Å²) < 4.78 is 25.9. The summed E-state index contributed by atoms with van der Waals surface area (Å²) in [5.41, 5.74) is 7.68. The minimum absolute atomic E-state index is 0.0992. The molecule has 0 fully saturated rings. The van der Waals surface area contributed by atoms with Gasteiger partial charge in [0.1, 0.15) is 11.6 Å². The van der Waals surface area contributed by atoms with Gasteiger partial charge in [0.25, 0.3) is 0 Å². The maximum absolute atomic E-state index is 13.0. The zero-order valence-corrected chi connectivity index (χ0v) is 9.05. The third kappa shape index (κ3) is 2.89. The molecule has 0 spiro atoms. The average molecular weight is 223 g/mol. The SMILES string of the molecule is NC1C=C(Cc2cc(F)cc(F)c2)CCC1. The maximum Gasteiger partial charge on any atom is 0.126 e. The first-order valence-corrected chi connectivity index (χ1v) is 5.53. The topological polar surface area (TPSA) is 26.0 Å². The first kappa shape index (κ1) is 11.3. The van der Waals surface area contributed by atoms with E-state index >= 15 is 0 Å². The van der Waals surface area contributed by atoms with E-state index in [1.165, 1.54) is 17.7 Å². The van der Waals surface area contributed by atoms with Gasteiger partial charge in [0, 0.05) is 12.1 Å². The van der Waals surface area contributed by atoms with E-state index < -0.39 is 11.6 Å². The first-order valence-electron chi connectivity index (χ1n) is 5.53. The summed E-state index contributed by atoms with van der Waals surface area (Å²) in [5.74, 6) is -1.04. The predicted octanol–water partition coefficient (Wildman–Crippen LogP) is 2.94. The number of hydrogen-bond acceptors (Lipinski definition) is 1. The van der Waals surface area contributed by atoms with E-state index in [9.17, 15) is 8.78 Å². The molecule has 1 aromatic rings. The van der Waals surface area contributed by atoms with Gasteiger partial charge < -0.3 is 5.73 Å². The maximum atomic E-state index is 13.0. The van der Waals surface area contributed by atoms with Gasteiger partial charge in [-0.25, -0.2) is 8.78 Å². The monoisotopic (exact) mass is 223 g/mol. The molecule has 1 nitrogen and oxygen atoms in total. The van der Waals surface area contributed by atoms with Crippen LogP contribution in [0.25, 0.3) is 0 Å². The van der Waals surface area contributed by atoms with Gasteiger partial charge in [-0.3, -0.25) is 0 Å². The van der Waals surface area contributed by atoms with E-state index in [4.69, 9.17) is 5.73 Å². The average Bonchev–Trinajstić information content (AvgIpc) is 2.15. The lowest BCUT2D eigenvalue weighted by molar-refractivity contribution is 0.578. The summed E-state index contributed by atoms with van der Waals surface area (Å²) >= 11 is 0. The van der Waals surface area contributed by atoms with Crippen molar-refractivity contribution in [1.29, 1.82) is 0 Å². The van der Waals surface area contributed by atoms with Crippen LogP contribution in [-0.4, -0.2) is 6.04 Å². The summed E-state index contributed by atoms with van der Waals surface area (Å²) in [7, 11) is 0. The summed E-state index contributed by atoms with van der Waals surface area (Å²) in [6.07, 6.45) is 5.66. The van der Waals surface area contributed by atoms with E-state index in [0.29, 0.717) is 12.0 Å². The van der Waals surface area contributed by atoms with Crippen LogP contribution in [0.2, 0.25) is 0 Å². The largest absolute Gasteiger partial charge is 0.324 e. The van der Waals surface area contributed by atoms with E-state index in [-0.39, 0.29) is 6.04 Å². The van der Waals surface area contributed by atoms with Gasteiger partial charge in [-0.1, -0.05) is 11.6 Å². The molecule has 0 saturated heterocycles. The quantitative estimate of drug-likeness (QED) is 0.766. The van der Waals surface area contributed by atoms with E-state index in [1.54, 1.807) is 0 Å². The van der Waals surface area contributed by atoms with Gasteiger partial charge in [-0.05, 0) is 43.4 Å². The third-order valence-corrected chi connectivity index (χ3v) is 2.84. The van der Waals surface area contributed by atoms with Crippen LogP contribution in [0.1, 0.15) is 24.8 Å². The highest BCUT2D eigenvalue weighted by Gasteiger charge is 2.11. The molecule has 0 radical (unpaired) electrons. The molecular formula is C13H15F2N. The Labute approximate surface area is 94.0 Å². The number of rotatable bonds is 2. The fourth-order valence-electron chi connectivity index (χ4n) is 2.16. The van der Waals surface area contributed by atoms with Gasteiger partial charge in [-0.2, -0.15) is 0 Å². The van der Waals surface area contributed by atoms with Crippen LogP contribution in [0, 0.1) is 11.6 Å². The second kappa shape index (κ2) is 4.74. The van der Waals surface area contributed by atoms with Crippen molar-refractivity contribution in [2.24, 2.45) is 5.73 Å². The van der Waals surface area contributed by atoms with Gasteiger partial charge in [0.2, 0.25) is 0 Å². The molecule has 0 amide bonds. The molecule has 1 atom stereocenters. The van der Waals surface area contributed by atoms with Gasteiger partial charge in [0.05, 0.1) is 0 Å². The molecule has 1 aromatic carbocycles. The van der Waals surface area contributed by atoms with Crippen LogP contribution in [0.3, 0.4) is 0 Å². The molecule has 86 valence electrons. The Morgan fingerprint density at radius 3 is 2.50 bits per heavy atom. The molecule has 1 aliphatic carbocycles. The highest BCUT2D eigenvalue weighted by Crippen LogP contribution is 2.21. The second-order valence-corrected chi connectivity index (χ2v) is 4.34. The standard InChI is InChI=1S/C13H15F2N/c14-11-5-10(6-12(15)8-11)4-9-2-1-3-13(16)7-9/h5-8,13H,1-4,16H2. The lowest BCUT2D eigenvalue weighted by Crippen LogP contribution is -2.20. The smallest absolute Gasteiger partial charge is 0.126 e. The Morgan fingerprint density at radius 1 is 1.19 bits per heavy atom. The minimum Gasteiger partial charge on any atom is -0.324 e. The van der Waals surface area contributed by atoms with Crippen molar-refractivity contribution in [3.8, 4) is 0 Å². The van der Waals surface area contributed by atoms with Gasteiger partial charge in [-0.15, -0.1) is 0 Å². The fraction of sp³-hybridized carbons (Fsp3) is 0.385. The van der Waals surface area contributed by atoms with E-state index in [2.05, 4.69) is 0 Å². The number of nitrogens with two attached hydrogens (primary N) is 1. The lowest BCUT2D eigenvalue weighted by Gasteiger charge is -2.17. The third-order valence-electron chi connectivity index (χ3n) is 2.84. The van der Waals surface area contributed by atoms with Crippen molar-refractivity contribution in [2.75, 3.05) is 0 Å². The Bertz CT molecular complexity index is 392. The number of benzene rings is 1. The molecule has 0 bridgehead atoms. The molecule has 2 rings (SSSR count). The summed E-state index contributed by atoms with van der Waals surface area (Å²) in [5, 5.41) is 0. The summed E-state index contributed by atoms with van der Waals surface area (Å²) in [4.78, 5) is 0. The molecule has 0 saturated carbocycles. The zero-order valence-electron chi connectivity index (χ0n) is 9.05. The van der Waals surface area contributed by atoms with Crippen molar-refractivity contribution >= 4 is 0 Å². The Hall–Kier alpha value is -1.22. The normalized spacial score (nSPS) is 20.7. The molecule has 1 aliphatic rings. The fourth-order valence-corrected chi connectivity index (χ4v) is 2.16. The summed E-state index contributed by atoms with van der Waals surface area (Å²) in [6.45, 7) is 0. The molecule has 0 heterocycles. The molecule has 2 N–H and O–H groups in total. The predicted molar refractivity (Wildman–Crippen MR) is 60.0 cm³/mol. The van der Waals surface area contributed by atoms with Crippen molar-refractivity contribution in [2.45, 2.75) is 31.7 Å². The van der Waals surface area contributed by atoms with Crippen LogP contribution in [-0.2, 0) is 6.42 Å². The van der Waals surface area contributed by atoms with E-state index in [0.717, 1.165) is 25.3 Å². The Kier molecular flexibility index (Phi) is 3.34. The molecule has 16 heavy (non-hydrogen) atoms. The van der Waals surface area contributed by atoms with Crippen molar-refractivity contribution in [1.82, 2.24) is 0 Å². The van der Waals surface area contributed by atoms with Crippen LogP contribution >= 0.6 is 0 Å². The van der Waals surface area contributed by atoms with Crippen LogP contribution in [0.15, 0.2) is 29.8 Å². The first-order chi connectivity index (χ1) is 7.63. The molecule has 0 aliphatic heterocycles. The van der Waals surface area contributed by atoms with Crippen LogP contribution < -0.4 is 5.73 Å². The number of halogens is 2. The van der Waals surface area contributed by atoms with E-state index in [1.807, 2.05) is 6.08 Å². The number of hydrogen-bond donors (Lipinski definition) is 1. The molecule has 0 aromatic heterocycles. The molecule has 3 heteroatoms.